The minimum absolute atomic E-state index is 0.412. The number of rotatable bonds is 4. The van der Waals surface area contributed by atoms with Crippen molar-refractivity contribution in [2.75, 3.05) is 18.0 Å². The van der Waals surface area contributed by atoms with Crippen molar-refractivity contribution in [3.63, 3.8) is 0 Å². The van der Waals surface area contributed by atoms with Crippen molar-refractivity contribution in [3.8, 4) is 0 Å². The summed E-state index contributed by atoms with van der Waals surface area (Å²) in [5.74, 6) is 0. The second kappa shape index (κ2) is 4.77. The normalized spacial score (nSPS) is 24.1. The maximum Gasteiger partial charge on any atom is 0.0411 e. The van der Waals surface area contributed by atoms with E-state index in [9.17, 15) is 0 Å². The van der Waals surface area contributed by atoms with Crippen LogP contribution in [0, 0.1) is 10.8 Å². The molecule has 2 aliphatic rings. The molecule has 0 bridgehead atoms. The first-order valence-corrected chi connectivity index (χ1v) is 8.01. The summed E-state index contributed by atoms with van der Waals surface area (Å²) < 4.78 is 0. The molecule has 0 aromatic heterocycles. The Morgan fingerprint density at radius 1 is 1.05 bits per heavy atom. The topological polar surface area (TPSA) is 15.3 Å². The van der Waals surface area contributed by atoms with Crippen LogP contribution in [-0.2, 0) is 6.54 Å². The highest BCUT2D eigenvalue weighted by Crippen LogP contribution is 2.62. The fourth-order valence-electron chi connectivity index (χ4n) is 3.85. The Morgan fingerprint density at radius 2 is 1.65 bits per heavy atom. The monoisotopic (exact) mass is 272 g/mol. The van der Waals surface area contributed by atoms with E-state index in [1.807, 2.05) is 0 Å². The summed E-state index contributed by atoms with van der Waals surface area (Å²) in [6.45, 7) is 12.9. The van der Waals surface area contributed by atoms with Crippen LogP contribution in [0.4, 0.5) is 5.69 Å². The van der Waals surface area contributed by atoms with Crippen molar-refractivity contribution in [1.82, 2.24) is 5.32 Å². The van der Waals surface area contributed by atoms with E-state index in [-0.39, 0.29) is 0 Å². The second-order valence-electron chi connectivity index (χ2n) is 7.58. The SMILES string of the molecule is CC1(C)C(NCc2ccccc2N2CCCC2)C1(C)C. The predicted octanol–water partition coefficient (Wildman–Crippen LogP) is 3.81. The summed E-state index contributed by atoms with van der Waals surface area (Å²) in [4.78, 5) is 2.54. The molecule has 1 aromatic carbocycles. The minimum Gasteiger partial charge on any atom is -0.371 e. The van der Waals surface area contributed by atoms with E-state index in [4.69, 9.17) is 0 Å². The second-order valence-corrected chi connectivity index (χ2v) is 7.58. The van der Waals surface area contributed by atoms with Gasteiger partial charge in [-0.2, -0.15) is 0 Å². The van der Waals surface area contributed by atoms with Gasteiger partial charge in [0, 0.05) is 31.4 Å². The van der Waals surface area contributed by atoms with Gasteiger partial charge in [-0.1, -0.05) is 45.9 Å². The molecule has 3 rings (SSSR count). The fraction of sp³-hybridized carbons (Fsp3) is 0.667. The third kappa shape index (κ3) is 2.14. The molecule has 20 heavy (non-hydrogen) atoms. The van der Waals surface area contributed by atoms with Gasteiger partial charge in [-0.05, 0) is 35.3 Å². The van der Waals surface area contributed by atoms with Gasteiger partial charge in [0.2, 0.25) is 0 Å². The first-order chi connectivity index (χ1) is 9.44. The van der Waals surface area contributed by atoms with Gasteiger partial charge < -0.3 is 10.2 Å². The van der Waals surface area contributed by atoms with Crippen LogP contribution < -0.4 is 10.2 Å². The van der Waals surface area contributed by atoms with Crippen LogP contribution in [0.5, 0.6) is 0 Å². The summed E-state index contributed by atoms with van der Waals surface area (Å²) in [6, 6.07) is 9.53. The lowest BCUT2D eigenvalue weighted by molar-refractivity contribution is 0.457. The van der Waals surface area contributed by atoms with Crippen molar-refractivity contribution < 1.29 is 0 Å². The molecular formula is C18H28N2. The van der Waals surface area contributed by atoms with Crippen molar-refractivity contribution in [3.05, 3.63) is 29.8 Å². The number of hydrogen-bond acceptors (Lipinski definition) is 2. The van der Waals surface area contributed by atoms with Gasteiger partial charge in [-0.15, -0.1) is 0 Å². The molecule has 1 heterocycles. The molecule has 1 saturated carbocycles. The molecule has 1 N–H and O–H groups in total. The summed E-state index contributed by atoms with van der Waals surface area (Å²) in [7, 11) is 0. The Bertz CT molecular complexity index is 470. The number of para-hydroxylation sites is 1. The van der Waals surface area contributed by atoms with E-state index in [1.165, 1.54) is 37.2 Å². The first kappa shape index (κ1) is 13.9. The van der Waals surface area contributed by atoms with Crippen LogP contribution in [0.3, 0.4) is 0 Å². The Morgan fingerprint density at radius 3 is 2.25 bits per heavy atom. The zero-order chi connectivity index (χ0) is 14.4. The zero-order valence-electron chi connectivity index (χ0n) is 13.4. The summed E-state index contributed by atoms with van der Waals surface area (Å²) in [6.07, 6.45) is 2.68. The molecule has 1 aliphatic heterocycles. The van der Waals surface area contributed by atoms with Crippen LogP contribution in [-0.4, -0.2) is 19.1 Å². The highest BCUT2D eigenvalue weighted by Gasteiger charge is 2.64. The van der Waals surface area contributed by atoms with E-state index in [1.54, 1.807) is 0 Å². The largest absolute Gasteiger partial charge is 0.371 e. The molecule has 0 radical (unpaired) electrons. The molecule has 0 spiro atoms. The molecule has 0 unspecified atom stereocenters. The molecule has 2 nitrogen and oxygen atoms in total. The third-order valence-electron chi connectivity index (χ3n) is 5.96. The van der Waals surface area contributed by atoms with E-state index >= 15 is 0 Å². The number of benzene rings is 1. The van der Waals surface area contributed by atoms with E-state index in [2.05, 4.69) is 62.2 Å². The van der Waals surface area contributed by atoms with Gasteiger partial charge in [-0.3, -0.25) is 0 Å². The minimum atomic E-state index is 0.412. The molecule has 1 aromatic rings. The molecule has 1 aliphatic carbocycles. The van der Waals surface area contributed by atoms with Crippen molar-refractivity contribution in [2.24, 2.45) is 10.8 Å². The number of anilines is 1. The summed E-state index contributed by atoms with van der Waals surface area (Å²) in [5, 5.41) is 3.79. The van der Waals surface area contributed by atoms with Crippen LogP contribution in [0.1, 0.15) is 46.1 Å². The Balaban J connectivity index is 1.69. The predicted molar refractivity (Wildman–Crippen MR) is 86.1 cm³/mol. The lowest BCUT2D eigenvalue weighted by atomic mass is 10.0. The molecule has 1 saturated heterocycles. The fourth-order valence-corrected chi connectivity index (χ4v) is 3.85. The van der Waals surface area contributed by atoms with Crippen LogP contribution >= 0.6 is 0 Å². The first-order valence-electron chi connectivity index (χ1n) is 8.01. The summed E-state index contributed by atoms with van der Waals surface area (Å²) >= 11 is 0. The number of nitrogens with zero attached hydrogens (tertiary/aromatic N) is 1. The zero-order valence-corrected chi connectivity index (χ0v) is 13.4. The van der Waals surface area contributed by atoms with Crippen molar-refractivity contribution >= 4 is 5.69 Å². The highest BCUT2D eigenvalue weighted by molar-refractivity contribution is 5.54. The van der Waals surface area contributed by atoms with Crippen molar-refractivity contribution in [2.45, 2.75) is 53.1 Å². The van der Waals surface area contributed by atoms with Gasteiger partial charge in [0.1, 0.15) is 0 Å². The molecule has 110 valence electrons. The molecular weight excluding hydrogens is 244 g/mol. The van der Waals surface area contributed by atoms with Gasteiger partial charge in [0.15, 0.2) is 0 Å². The highest BCUT2D eigenvalue weighted by atomic mass is 15.1. The lowest BCUT2D eigenvalue weighted by Gasteiger charge is -2.21. The van der Waals surface area contributed by atoms with Crippen LogP contribution in [0.25, 0.3) is 0 Å². The van der Waals surface area contributed by atoms with Gasteiger partial charge in [0.05, 0.1) is 0 Å². The maximum atomic E-state index is 3.79. The van der Waals surface area contributed by atoms with Gasteiger partial charge in [-0.25, -0.2) is 0 Å². The lowest BCUT2D eigenvalue weighted by Crippen LogP contribution is -2.25. The Kier molecular flexibility index (Phi) is 3.32. The van der Waals surface area contributed by atoms with Crippen LogP contribution in [0.15, 0.2) is 24.3 Å². The molecule has 0 atom stereocenters. The number of nitrogens with one attached hydrogen (secondary N) is 1. The molecule has 2 fully saturated rings. The van der Waals surface area contributed by atoms with E-state index < -0.39 is 0 Å². The maximum absolute atomic E-state index is 3.79. The smallest absolute Gasteiger partial charge is 0.0411 e. The van der Waals surface area contributed by atoms with Gasteiger partial charge >= 0.3 is 0 Å². The number of hydrogen-bond donors (Lipinski definition) is 1. The van der Waals surface area contributed by atoms with Crippen LogP contribution in [0.2, 0.25) is 0 Å². The average Bonchev–Trinajstić information content (AvgIpc) is 2.83. The van der Waals surface area contributed by atoms with Crippen molar-refractivity contribution in [1.29, 1.82) is 0 Å². The standard InChI is InChI=1S/C18H28N2/c1-17(2)16(18(17,3)4)19-13-14-9-5-6-10-15(14)20-11-7-8-12-20/h5-6,9-10,16,19H,7-8,11-13H2,1-4H3. The third-order valence-corrected chi connectivity index (χ3v) is 5.96. The Labute approximate surface area is 123 Å². The average molecular weight is 272 g/mol. The Hall–Kier alpha value is -1.02. The van der Waals surface area contributed by atoms with Gasteiger partial charge in [0.25, 0.3) is 0 Å². The quantitative estimate of drug-likeness (QED) is 0.896. The van der Waals surface area contributed by atoms with E-state index in [0.29, 0.717) is 16.9 Å². The summed E-state index contributed by atoms with van der Waals surface area (Å²) in [5.41, 5.74) is 3.72. The molecule has 0 amide bonds. The van der Waals surface area contributed by atoms with E-state index in [0.717, 1.165) is 6.54 Å². The molecule has 2 heteroatoms.